The van der Waals surface area contributed by atoms with Gasteiger partial charge in [-0.05, 0) is 67.1 Å². The zero-order valence-corrected chi connectivity index (χ0v) is 16.0. The minimum absolute atomic E-state index is 0.0205. The van der Waals surface area contributed by atoms with Gasteiger partial charge < -0.3 is 15.2 Å². The molecule has 160 valence electrons. The summed E-state index contributed by atoms with van der Waals surface area (Å²) in [7, 11) is 0. The van der Waals surface area contributed by atoms with Gasteiger partial charge in [0.2, 0.25) is 0 Å². The average molecular weight is 433 g/mol. The van der Waals surface area contributed by atoms with E-state index in [1.807, 2.05) is 0 Å². The first-order valence-corrected chi connectivity index (χ1v) is 8.85. The molecule has 0 radical (unpaired) electrons. The number of aromatic carboxylic acids is 1. The highest BCUT2D eigenvalue weighted by Crippen LogP contribution is 2.41. The highest BCUT2D eigenvalue weighted by Gasteiger charge is 2.36. The van der Waals surface area contributed by atoms with Crippen LogP contribution in [0.15, 0.2) is 60.7 Å². The van der Waals surface area contributed by atoms with Crippen molar-refractivity contribution >= 4 is 17.6 Å². The van der Waals surface area contributed by atoms with Crippen LogP contribution in [-0.2, 0) is 6.18 Å². The summed E-state index contributed by atoms with van der Waals surface area (Å²) in [5, 5.41) is 11.3. The van der Waals surface area contributed by atoms with Crippen LogP contribution < -0.4 is 10.1 Å². The van der Waals surface area contributed by atoms with E-state index in [2.05, 4.69) is 5.32 Å². The number of carbonyl (C=O) groups is 2. The topological polar surface area (TPSA) is 75.6 Å². The number of aryl methyl sites for hydroxylation is 1. The zero-order chi connectivity index (χ0) is 22.8. The lowest BCUT2D eigenvalue weighted by molar-refractivity contribution is -0.138. The van der Waals surface area contributed by atoms with Crippen LogP contribution in [0.3, 0.4) is 0 Å². The number of amides is 1. The fraction of sp³-hybridized carbons (Fsp3) is 0.0909. The predicted octanol–water partition coefficient (Wildman–Crippen LogP) is 5.90. The van der Waals surface area contributed by atoms with Crippen LogP contribution in [0.25, 0.3) is 0 Å². The number of para-hydroxylation sites is 1. The van der Waals surface area contributed by atoms with Crippen molar-refractivity contribution in [1.82, 2.24) is 0 Å². The van der Waals surface area contributed by atoms with E-state index in [0.29, 0.717) is 0 Å². The number of carboxylic acid groups (broad SMARTS) is 1. The van der Waals surface area contributed by atoms with E-state index in [0.717, 1.165) is 30.3 Å². The second-order valence-electron chi connectivity index (χ2n) is 6.53. The monoisotopic (exact) mass is 433 g/mol. The number of hydrogen-bond acceptors (Lipinski definition) is 3. The summed E-state index contributed by atoms with van der Waals surface area (Å²) in [6, 6.07) is 11.4. The van der Waals surface area contributed by atoms with Crippen LogP contribution in [-0.4, -0.2) is 17.0 Å². The number of carbonyl (C=O) groups excluding carboxylic acids is 1. The predicted molar refractivity (Wildman–Crippen MR) is 104 cm³/mol. The third-order valence-corrected chi connectivity index (χ3v) is 4.30. The molecule has 0 aliphatic rings. The molecule has 0 aliphatic carbocycles. The lowest BCUT2D eigenvalue weighted by Crippen LogP contribution is -2.16. The molecule has 9 heteroatoms. The highest BCUT2D eigenvalue weighted by atomic mass is 19.4. The molecule has 3 aromatic carbocycles. The molecule has 0 heterocycles. The number of rotatable bonds is 5. The van der Waals surface area contributed by atoms with Crippen molar-refractivity contribution in [2.24, 2.45) is 0 Å². The molecule has 0 spiro atoms. The molecule has 31 heavy (non-hydrogen) atoms. The SMILES string of the molecule is Cc1cc(F)ccc1Oc1c(C(=O)Nc2ccc(C(=O)O)cc2)cccc1C(F)(F)F. The summed E-state index contributed by atoms with van der Waals surface area (Å²) in [4.78, 5) is 23.6. The summed E-state index contributed by atoms with van der Waals surface area (Å²) in [6.45, 7) is 1.46. The Kier molecular flexibility index (Phi) is 5.96. The van der Waals surface area contributed by atoms with Crippen molar-refractivity contribution in [2.75, 3.05) is 5.32 Å². The third-order valence-electron chi connectivity index (χ3n) is 4.30. The van der Waals surface area contributed by atoms with Gasteiger partial charge in [0.1, 0.15) is 11.6 Å². The Balaban J connectivity index is 2.00. The molecule has 0 saturated carbocycles. The van der Waals surface area contributed by atoms with E-state index in [4.69, 9.17) is 9.84 Å². The molecular weight excluding hydrogens is 418 g/mol. The average Bonchev–Trinajstić information content (AvgIpc) is 2.69. The molecule has 0 atom stereocenters. The van der Waals surface area contributed by atoms with E-state index in [1.54, 1.807) is 0 Å². The first-order chi connectivity index (χ1) is 14.6. The van der Waals surface area contributed by atoms with Crippen molar-refractivity contribution in [2.45, 2.75) is 13.1 Å². The molecule has 0 aliphatic heterocycles. The van der Waals surface area contributed by atoms with Crippen LogP contribution >= 0.6 is 0 Å². The molecule has 0 unspecified atom stereocenters. The Morgan fingerprint density at radius 3 is 2.26 bits per heavy atom. The summed E-state index contributed by atoms with van der Waals surface area (Å²) in [5.74, 6) is -3.43. The fourth-order valence-corrected chi connectivity index (χ4v) is 2.78. The van der Waals surface area contributed by atoms with Gasteiger partial charge in [0.05, 0.1) is 16.7 Å². The maximum Gasteiger partial charge on any atom is 0.420 e. The molecule has 0 fully saturated rings. The first kappa shape index (κ1) is 21.8. The molecule has 5 nitrogen and oxygen atoms in total. The lowest BCUT2D eigenvalue weighted by atomic mass is 10.1. The van der Waals surface area contributed by atoms with Crippen LogP contribution in [0.1, 0.15) is 31.8 Å². The maximum atomic E-state index is 13.6. The smallest absolute Gasteiger partial charge is 0.420 e. The largest absolute Gasteiger partial charge is 0.478 e. The third kappa shape index (κ3) is 5.00. The Hall–Kier alpha value is -3.88. The van der Waals surface area contributed by atoms with E-state index in [9.17, 15) is 27.2 Å². The van der Waals surface area contributed by atoms with Crippen molar-refractivity contribution < 1.29 is 37.0 Å². The van der Waals surface area contributed by atoms with E-state index >= 15 is 0 Å². The van der Waals surface area contributed by atoms with Gasteiger partial charge in [-0.1, -0.05) is 6.07 Å². The number of anilines is 1. The molecule has 3 rings (SSSR count). The highest BCUT2D eigenvalue weighted by molar-refractivity contribution is 6.06. The normalized spacial score (nSPS) is 11.1. The van der Waals surface area contributed by atoms with Gasteiger partial charge in [-0.2, -0.15) is 13.2 Å². The van der Waals surface area contributed by atoms with Gasteiger partial charge in [-0.3, -0.25) is 4.79 Å². The van der Waals surface area contributed by atoms with Gasteiger partial charge in [0.15, 0.2) is 5.75 Å². The van der Waals surface area contributed by atoms with Crippen LogP contribution in [0.4, 0.5) is 23.2 Å². The van der Waals surface area contributed by atoms with Crippen molar-refractivity contribution in [1.29, 1.82) is 0 Å². The number of hydrogen-bond donors (Lipinski definition) is 2. The number of alkyl halides is 3. The second kappa shape index (κ2) is 8.47. The number of ether oxygens (including phenoxy) is 1. The van der Waals surface area contributed by atoms with E-state index < -0.39 is 40.7 Å². The van der Waals surface area contributed by atoms with Crippen molar-refractivity contribution in [3.05, 3.63) is 88.7 Å². The second-order valence-corrected chi connectivity index (χ2v) is 6.53. The fourth-order valence-electron chi connectivity index (χ4n) is 2.78. The van der Waals surface area contributed by atoms with Gasteiger partial charge in [0.25, 0.3) is 5.91 Å². The van der Waals surface area contributed by atoms with E-state index in [-0.39, 0.29) is 22.6 Å². The van der Waals surface area contributed by atoms with Crippen LogP contribution in [0.2, 0.25) is 0 Å². The summed E-state index contributed by atoms with van der Waals surface area (Å²) >= 11 is 0. The Morgan fingerprint density at radius 2 is 1.68 bits per heavy atom. The molecule has 0 saturated heterocycles. The van der Waals surface area contributed by atoms with Gasteiger partial charge in [-0.15, -0.1) is 0 Å². The molecule has 0 aromatic heterocycles. The zero-order valence-electron chi connectivity index (χ0n) is 16.0. The van der Waals surface area contributed by atoms with Crippen molar-refractivity contribution in [3.63, 3.8) is 0 Å². The minimum atomic E-state index is -4.82. The Morgan fingerprint density at radius 1 is 1.00 bits per heavy atom. The number of nitrogens with one attached hydrogen (secondary N) is 1. The summed E-state index contributed by atoms with van der Waals surface area (Å²) < 4.78 is 59.5. The summed E-state index contributed by atoms with van der Waals surface area (Å²) in [5.41, 5.74) is -1.18. The molecule has 1 amide bonds. The maximum absolute atomic E-state index is 13.6. The van der Waals surface area contributed by atoms with Crippen molar-refractivity contribution in [3.8, 4) is 11.5 Å². The molecular formula is C22H15F4NO4. The van der Waals surface area contributed by atoms with Gasteiger partial charge in [0, 0.05) is 5.69 Å². The van der Waals surface area contributed by atoms with Crippen LogP contribution in [0, 0.1) is 12.7 Å². The summed E-state index contributed by atoms with van der Waals surface area (Å²) in [6.07, 6.45) is -4.82. The molecule has 0 bridgehead atoms. The standard InChI is InChI=1S/C22H15F4NO4/c1-12-11-14(23)7-10-18(12)31-19-16(3-2-4-17(19)22(24,25)26)20(28)27-15-8-5-13(6-9-15)21(29)30/h2-11H,1H3,(H,27,28)(H,29,30). The minimum Gasteiger partial charge on any atom is -0.478 e. The number of carboxylic acids is 1. The lowest BCUT2D eigenvalue weighted by Gasteiger charge is -2.18. The van der Waals surface area contributed by atoms with E-state index in [1.165, 1.54) is 37.3 Å². The Labute approximate surface area is 173 Å². The van der Waals surface area contributed by atoms with Gasteiger partial charge in [-0.25, -0.2) is 9.18 Å². The first-order valence-electron chi connectivity index (χ1n) is 8.85. The van der Waals surface area contributed by atoms with Crippen LogP contribution in [0.5, 0.6) is 11.5 Å². The molecule has 3 aromatic rings. The molecule has 2 N–H and O–H groups in total. The Bertz CT molecular complexity index is 1140. The number of benzene rings is 3. The number of halogens is 4. The van der Waals surface area contributed by atoms with Gasteiger partial charge >= 0.3 is 12.1 Å². The quantitative estimate of drug-likeness (QED) is 0.492.